The number of ether oxygens (including phenoxy) is 3. The lowest BCUT2D eigenvalue weighted by Gasteiger charge is -2.28. The second kappa shape index (κ2) is 15.6. The molecule has 240 valence electrons. The van der Waals surface area contributed by atoms with Crippen LogP contribution in [0, 0.1) is 11.8 Å². The predicted molar refractivity (Wildman–Crippen MR) is 184 cm³/mol. The number of esters is 1. The van der Waals surface area contributed by atoms with E-state index in [9.17, 15) is 4.79 Å². The van der Waals surface area contributed by atoms with Gasteiger partial charge in [-0.2, -0.15) is 0 Å². The average Bonchev–Trinajstić information content (AvgIpc) is 3.11. The van der Waals surface area contributed by atoms with Gasteiger partial charge in [-0.3, -0.25) is 0 Å². The Balaban J connectivity index is 1.16. The van der Waals surface area contributed by atoms with Gasteiger partial charge in [0.05, 0.1) is 5.56 Å². The summed E-state index contributed by atoms with van der Waals surface area (Å²) in [7, 11) is 0. The zero-order valence-corrected chi connectivity index (χ0v) is 27.4. The predicted octanol–water partition coefficient (Wildman–Crippen LogP) is 11.0. The van der Waals surface area contributed by atoms with Crippen molar-refractivity contribution in [3.8, 4) is 5.75 Å². The summed E-state index contributed by atoms with van der Waals surface area (Å²) in [5.74, 6) is 3.25. The average molecular weight is 617 g/mol. The van der Waals surface area contributed by atoms with Crippen LogP contribution in [0.15, 0.2) is 109 Å². The van der Waals surface area contributed by atoms with E-state index >= 15 is 0 Å². The molecular weight excluding hydrogens is 568 g/mol. The summed E-state index contributed by atoms with van der Waals surface area (Å²) in [4.78, 5) is 13.7. The van der Waals surface area contributed by atoms with Gasteiger partial charge in [0.15, 0.2) is 12.9 Å². The van der Waals surface area contributed by atoms with Gasteiger partial charge in [0.1, 0.15) is 11.9 Å². The largest absolute Gasteiger partial charge is 0.468 e. The first-order valence-corrected chi connectivity index (χ1v) is 17.3. The molecule has 4 aromatic rings. The Morgan fingerprint density at radius 1 is 0.587 bits per heavy atom. The van der Waals surface area contributed by atoms with E-state index < -0.39 is 12.2 Å². The minimum Gasteiger partial charge on any atom is -0.468 e. The molecule has 0 aromatic heterocycles. The number of benzene rings is 4. The molecule has 0 amide bonds. The van der Waals surface area contributed by atoms with Crippen molar-refractivity contribution >= 4 is 5.97 Å². The standard InChI is InChI=1S/C42H48O4/c1-30-13-17-32(18-14-30)34-21-23-38(24-22-34)42(43)46-41(37-11-7-4-8-12-37)40(36-9-5-3-6-10-36)45-29-44-39-27-25-35(26-28-39)33-19-15-31(2)16-20-33/h3-12,21-28,30-33,40-41H,13-20,29H2,1-2H3/t30-,31?,32-,33?,40?,41?. The fraction of sp³-hybridized carbons (Fsp3) is 0.405. The minimum atomic E-state index is -0.671. The van der Waals surface area contributed by atoms with Crippen LogP contribution in [0.2, 0.25) is 0 Å². The monoisotopic (exact) mass is 616 g/mol. The van der Waals surface area contributed by atoms with Crippen molar-refractivity contribution in [3.05, 3.63) is 137 Å². The molecule has 2 fully saturated rings. The molecule has 2 atom stereocenters. The Morgan fingerprint density at radius 3 is 1.54 bits per heavy atom. The van der Waals surface area contributed by atoms with E-state index in [0.717, 1.165) is 28.7 Å². The van der Waals surface area contributed by atoms with Gasteiger partial charge in [0.25, 0.3) is 0 Å². The molecule has 46 heavy (non-hydrogen) atoms. The highest BCUT2D eigenvalue weighted by atomic mass is 16.7. The molecule has 2 aliphatic carbocycles. The third-order valence-electron chi connectivity index (χ3n) is 10.2. The van der Waals surface area contributed by atoms with Crippen LogP contribution in [0.1, 0.15) is 122 Å². The number of carbonyl (C=O) groups excluding carboxylic acids is 1. The van der Waals surface area contributed by atoms with Gasteiger partial charge in [-0.25, -0.2) is 4.79 Å². The Bertz CT molecular complexity index is 1480. The van der Waals surface area contributed by atoms with Crippen LogP contribution >= 0.6 is 0 Å². The summed E-state index contributed by atoms with van der Waals surface area (Å²) in [6.07, 6.45) is 8.83. The van der Waals surface area contributed by atoms with Crippen LogP contribution in [0.25, 0.3) is 0 Å². The zero-order chi connectivity index (χ0) is 31.7. The van der Waals surface area contributed by atoms with E-state index in [1.807, 2.05) is 84.9 Å². The molecule has 0 radical (unpaired) electrons. The molecule has 4 nitrogen and oxygen atoms in total. The van der Waals surface area contributed by atoms with Crippen molar-refractivity contribution in [2.24, 2.45) is 11.8 Å². The molecule has 0 N–H and O–H groups in total. The fourth-order valence-electron chi connectivity index (χ4n) is 7.22. The Labute approximate surface area is 275 Å². The van der Waals surface area contributed by atoms with Gasteiger partial charge in [0.2, 0.25) is 0 Å². The third-order valence-corrected chi connectivity index (χ3v) is 10.2. The van der Waals surface area contributed by atoms with Crippen LogP contribution in [0.5, 0.6) is 5.75 Å². The highest BCUT2D eigenvalue weighted by Gasteiger charge is 2.30. The molecule has 6 rings (SSSR count). The molecule has 2 aliphatic rings. The van der Waals surface area contributed by atoms with Crippen LogP contribution in [0.4, 0.5) is 0 Å². The molecule has 4 heteroatoms. The number of hydrogen-bond donors (Lipinski definition) is 0. The second-order valence-electron chi connectivity index (χ2n) is 13.6. The van der Waals surface area contributed by atoms with Crippen LogP contribution in [-0.4, -0.2) is 12.8 Å². The molecule has 0 saturated heterocycles. The topological polar surface area (TPSA) is 44.8 Å². The summed E-state index contributed by atoms with van der Waals surface area (Å²) < 4.78 is 18.9. The first-order chi connectivity index (χ1) is 22.5. The second-order valence-corrected chi connectivity index (χ2v) is 13.6. The molecule has 2 unspecified atom stereocenters. The van der Waals surface area contributed by atoms with Gasteiger partial charge in [-0.05, 0) is 95.9 Å². The third kappa shape index (κ3) is 8.27. The van der Waals surface area contributed by atoms with E-state index in [4.69, 9.17) is 14.2 Å². The number of carbonyl (C=O) groups is 1. The maximum Gasteiger partial charge on any atom is 0.338 e. The molecule has 2 saturated carbocycles. The van der Waals surface area contributed by atoms with Crippen molar-refractivity contribution in [2.45, 2.75) is 89.3 Å². The highest BCUT2D eigenvalue weighted by molar-refractivity contribution is 5.89. The lowest BCUT2D eigenvalue weighted by molar-refractivity contribution is -0.0985. The van der Waals surface area contributed by atoms with Crippen molar-refractivity contribution in [2.75, 3.05) is 6.79 Å². The first-order valence-electron chi connectivity index (χ1n) is 17.3. The molecule has 0 bridgehead atoms. The Kier molecular flexibility index (Phi) is 10.9. The van der Waals surface area contributed by atoms with Crippen molar-refractivity contribution in [3.63, 3.8) is 0 Å². The van der Waals surface area contributed by atoms with Crippen molar-refractivity contribution in [1.82, 2.24) is 0 Å². The van der Waals surface area contributed by atoms with Gasteiger partial charge < -0.3 is 14.2 Å². The van der Waals surface area contributed by atoms with Gasteiger partial charge in [0, 0.05) is 0 Å². The van der Waals surface area contributed by atoms with E-state index in [-0.39, 0.29) is 12.8 Å². The van der Waals surface area contributed by atoms with Crippen molar-refractivity contribution < 1.29 is 19.0 Å². The summed E-state index contributed by atoms with van der Waals surface area (Å²) in [6.45, 7) is 4.72. The zero-order valence-electron chi connectivity index (χ0n) is 27.4. The Morgan fingerprint density at radius 2 is 1.04 bits per heavy atom. The molecular formula is C42H48O4. The number of hydrogen-bond acceptors (Lipinski definition) is 4. The summed E-state index contributed by atoms with van der Waals surface area (Å²) in [6, 6.07) is 36.3. The quantitative estimate of drug-likeness (QED) is 0.124. The summed E-state index contributed by atoms with van der Waals surface area (Å²) in [5, 5.41) is 0. The fourth-order valence-corrected chi connectivity index (χ4v) is 7.22. The summed E-state index contributed by atoms with van der Waals surface area (Å²) >= 11 is 0. The van der Waals surface area contributed by atoms with Gasteiger partial charge in [-0.1, -0.05) is 124 Å². The normalized spacial score (nSPS) is 22.8. The smallest absolute Gasteiger partial charge is 0.338 e. The number of rotatable bonds is 11. The van der Waals surface area contributed by atoms with Crippen LogP contribution < -0.4 is 4.74 Å². The molecule has 0 spiro atoms. The maximum absolute atomic E-state index is 13.7. The van der Waals surface area contributed by atoms with Gasteiger partial charge >= 0.3 is 5.97 Å². The van der Waals surface area contributed by atoms with Gasteiger partial charge in [-0.15, -0.1) is 0 Å². The lowest BCUT2D eigenvalue weighted by Crippen LogP contribution is -2.22. The van der Waals surface area contributed by atoms with E-state index in [1.165, 1.54) is 62.5 Å². The molecule has 0 aliphatic heterocycles. The highest BCUT2D eigenvalue weighted by Crippen LogP contribution is 2.39. The van der Waals surface area contributed by atoms with E-state index in [0.29, 0.717) is 17.4 Å². The minimum absolute atomic E-state index is 0.0233. The summed E-state index contributed by atoms with van der Waals surface area (Å²) in [5.41, 5.74) is 5.02. The van der Waals surface area contributed by atoms with E-state index in [1.54, 1.807) is 0 Å². The molecule has 4 aromatic carbocycles. The van der Waals surface area contributed by atoms with E-state index in [2.05, 4.69) is 38.1 Å². The first kappa shape index (κ1) is 32.1. The molecule has 0 heterocycles. The maximum atomic E-state index is 13.7. The van der Waals surface area contributed by atoms with Crippen LogP contribution in [-0.2, 0) is 9.47 Å². The van der Waals surface area contributed by atoms with Crippen LogP contribution in [0.3, 0.4) is 0 Å². The Hall–Kier alpha value is -3.89. The SMILES string of the molecule is CC1CCC(c2ccc(OCOC(c3ccccc3)C(OC(=O)c3ccc([C@H]4CC[C@H](C)CC4)cc3)c3ccccc3)cc2)CC1. The van der Waals surface area contributed by atoms with Crippen molar-refractivity contribution in [1.29, 1.82) is 0 Å². The lowest BCUT2D eigenvalue weighted by atomic mass is 9.79.